The number of para-hydroxylation sites is 1. The van der Waals surface area contributed by atoms with E-state index < -0.39 is 5.92 Å². The Morgan fingerprint density at radius 1 is 0.897 bits per heavy atom. The molecule has 0 saturated carbocycles. The van der Waals surface area contributed by atoms with Gasteiger partial charge in [0.2, 0.25) is 0 Å². The Kier molecular flexibility index (Phi) is 3.94. The van der Waals surface area contributed by atoms with E-state index in [2.05, 4.69) is 12.1 Å². The van der Waals surface area contributed by atoms with Crippen LogP contribution in [0.4, 0.5) is 5.69 Å². The molecule has 0 saturated heterocycles. The van der Waals surface area contributed by atoms with Crippen LogP contribution < -0.4 is 10.6 Å². The van der Waals surface area contributed by atoms with Crippen molar-refractivity contribution in [3.8, 4) is 23.5 Å². The summed E-state index contributed by atoms with van der Waals surface area (Å²) in [6.07, 6.45) is 0. The Labute approximate surface area is 172 Å². The number of allylic oxidation sites excluding steroid dienone is 2. The maximum absolute atomic E-state index is 10.0. The molecule has 0 fully saturated rings. The van der Waals surface area contributed by atoms with Crippen molar-refractivity contribution in [1.82, 2.24) is 0 Å². The molecule has 0 aliphatic carbocycles. The van der Waals surface area contributed by atoms with E-state index in [0.717, 1.165) is 21.2 Å². The van der Waals surface area contributed by atoms with Crippen LogP contribution in [0.5, 0.6) is 0 Å². The van der Waals surface area contributed by atoms with Crippen LogP contribution in [-0.2, 0) is 0 Å². The van der Waals surface area contributed by atoms with Gasteiger partial charge >= 0.3 is 0 Å². The summed E-state index contributed by atoms with van der Waals surface area (Å²) in [4.78, 5) is 2.80. The quantitative estimate of drug-likeness (QED) is 0.651. The maximum Gasteiger partial charge on any atom is 0.134 e. The Hall–Kier alpha value is -3.87. The highest BCUT2D eigenvalue weighted by Gasteiger charge is 2.41. The van der Waals surface area contributed by atoms with Crippen molar-refractivity contribution in [2.24, 2.45) is 5.73 Å². The Bertz CT molecular complexity index is 1270. The fourth-order valence-electron chi connectivity index (χ4n) is 3.72. The lowest BCUT2D eigenvalue weighted by Gasteiger charge is -2.30. The number of furan rings is 1. The number of fused-ring (bicyclic) bond motifs is 3. The number of nitrogens with zero attached hydrogens (tertiary/aromatic N) is 3. The highest BCUT2D eigenvalue weighted by atomic mass is 32.2. The van der Waals surface area contributed by atoms with Crippen LogP contribution >= 0.6 is 11.8 Å². The molecule has 2 aliphatic heterocycles. The van der Waals surface area contributed by atoms with E-state index in [0.29, 0.717) is 28.5 Å². The van der Waals surface area contributed by atoms with Crippen LogP contribution in [-0.4, -0.2) is 0 Å². The molecule has 2 aromatic carbocycles. The van der Waals surface area contributed by atoms with E-state index in [-0.39, 0.29) is 0 Å². The molecule has 0 bridgehead atoms. The summed E-state index contributed by atoms with van der Waals surface area (Å²) in [7, 11) is 0. The first-order chi connectivity index (χ1) is 14.2. The minimum absolute atomic E-state index is 0.316. The van der Waals surface area contributed by atoms with Crippen molar-refractivity contribution in [1.29, 1.82) is 10.5 Å². The van der Waals surface area contributed by atoms with Crippen molar-refractivity contribution < 1.29 is 4.42 Å². The molecule has 6 heteroatoms. The van der Waals surface area contributed by atoms with Gasteiger partial charge < -0.3 is 10.2 Å². The zero-order valence-electron chi connectivity index (χ0n) is 15.2. The third kappa shape index (κ3) is 2.55. The summed E-state index contributed by atoms with van der Waals surface area (Å²) in [6, 6.07) is 25.7. The molecule has 2 N–H and O–H groups in total. The van der Waals surface area contributed by atoms with Crippen molar-refractivity contribution in [2.45, 2.75) is 10.8 Å². The molecule has 0 amide bonds. The second kappa shape index (κ2) is 6.63. The highest BCUT2D eigenvalue weighted by Crippen LogP contribution is 2.54. The smallest absolute Gasteiger partial charge is 0.134 e. The van der Waals surface area contributed by atoms with E-state index in [1.54, 1.807) is 4.90 Å². The minimum Gasteiger partial charge on any atom is -0.460 e. The number of hydrogen-bond donors (Lipinski definition) is 1. The first-order valence-corrected chi connectivity index (χ1v) is 9.80. The molecule has 3 aromatic rings. The molecule has 1 aromatic heterocycles. The Balaban J connectivity index is 1.67. The van der Waals surface area contributed by atoms with Gasteiger partial charge in [0.05, 0.1) is 34.9 Å². The molecule has 0 unspecified atom stereocenters. The first-order valence-electron chi connectivity index (χ1n) is 8.99. The average molecular weight is 394 g/mol. The van der Waals surface area contributed by atoms with Crippen molar-refractivity contribution >= 4 is 17.4 Å². The lowest BCUT2D eigenvalue weighted by atomic mass is 9.87. The predicted molar refractivity (Wildman–Crippen MR) is 111 cm³/mol. The molecule has 2 aliphatic rings. The number of anilines is 1. The van der Waals surface area contributed by atoms with Gasteiger partial charge in [-0.3, -0.25) is 4.90 Å². The van der Waals surface area contributed by atoms with Crippen LogP contribution in [0.25, 0.3) is 11.3 Å². The molecule has 0 radical (unpaired) electrons. The fourth-order valence-corrected chi connectivity index (χ4v) is 4.90. The van der Waals surface area contributed by atoms with Gasteiger partial charge in [-0.05, 0) is 24.3 Å². The summed E-state index contributed by atoms with van der Waals surface area (Å²) < 4.78 is 6.09. The van der Waals surface area contributed by atoms with Gasteiger partial charge in [-0.2, -0.15) is 10.5 Å². The van der Waals surface area contributed by atoms with E-state index >= 15 is 0 Å². The average Bonchev–Trinajstić information content (AvgIpc) is 3.39. The zero-order chi connectivity index (χ0) is 20.0. The predicted octanol–water partition coefficient (Wildman–Crippen LogP) is 5.09. The molecule has 3 heterocycles. The first kappa shape index (κ1) is 17.2. The van der Waals surface area contributed by atoms with E-state index in [1.807, 2.05) is 66.7 Å². The van der Waals surface area contributed by atoms with Crippen molar-refractivity contribution in [2.75, 3.05) is 4.90 Å². The monoisotopic (exact) mass is 394 g/mol. The molecule has 1 atom stereocenters. The van der Waals surface area contributed by atoms with Gasteiger partial charge in [0, 0.05) is 10.5 Å². The molecular weight excluding hydrogens is 380 g/mol. The zero-order valence-corrected chi connectivity index (χ0v) is 16.0. The normalized spacial score (nSPS) is 17.6. The largest absolute Gasteiger partial charge is 0.460 e. The number of nitrogens with two attached hydrogens (primary N) is 1. The molecule has 5 nitrogen and oxygen atoms in total. The number of benzene rings is 2. The van der Waals surface area contributed by atoms with Gasteiger partial charge in [0.25, 0.3) is 0 Å². The molecule has 5 rings (SSSR count). The summed E-state index contributed by atoms with van der Waals surface area (Å²) in [5.41, 5.74) is 9.03. The number of nitriles is 2. The third-order valence-corrected chi connectivity index (χ3v) is 6.21. The van der Waals surface area contributed by atoms with Crippen LogP contribution in [0, 0.1) is 22.7 Å². The number of thioether (sulfide) groups is 1. The third-order valence-electron chi connectivity index (χ3n) is 5.05. The second-order valence-electron chi connectivity index (χ2n) is 6.65. The summed E-state index contributed by atoms with van der Waals surface area (Å²) in [6.45, 7) is 0. The second-order valence-corrected chi connectivity index (χ2v) is 7.68. The van der Waals surface area contributed by atoms with Gasteiger partial charge in [0.15, 0.2) is 0 Å². The van der Waals surface area contributed by atoms with Gasteiger partial charge in [-0.25, -0.2) is 0 Å². The summed E-state index contributed by atoms with van der Waals surface area (Å²) >= 11 is 1.49. The van der Waals surface area contributed by atoms with Crippen LogP contribution in [0.15, 0.2) is 98.0 Å². The molecule has 29 heavy (non-hydrogen) atoms. The number of hydrogen-bond acceptors (Lipinski definition) is 6. The Morgan fingerprint density at radius 3 is 2.38 bits per heavy atom. The fraction of sp³-hybridized carbons (Fsp3) is 0.0435. The molecule has 138 valence electrons. The van der Waals surface area contributed by atoms with Crippen molar-refractivity contribution in [3.05, 3.63) is 94.5 Å². The molecular formula is C23H14N4OS. The summed E-state index contributed by atoms with van der Waals surface area (Å²) in [5, 5.41) is 20.6. The Morgan fingerprint density at radius 2 is 1.62 bits per heavy atom. The van der Waals surface area contributed by atoms with E-state index in [4.69, 9.17) is 10.2 Å². The van der Waals surface area contributed by atoms with E-state index in [9.17, 15) is 10.5 Å². The topological polar surface area (TPSA) is 90.0 Å². The molecule has 0 spiro atoms. The van der Waals surface area contributed by atoms with Crippen LogP contribution in [0.3, 0.4) is 0 Å². The van der Waals surface area contributed by atoms with Crippen LogP contribution in [0.2, 0.25) is 0 Å². The highest BCUT2D eigenvalue weighted by molar-refractivity contribution is 8.03. The lowest BCUT2D eigenvalue weighted by molar-refractivity contribution is 0.513. The lowest BCUT2D eigenvalue weighted by Crippen LogP contribution is -2.32. The van der Waals surface area contributed by atoms with Gasteiger partial charge in [-0.1, -0.05) is 54.2 Å². The standard InChI is InChI=1S/C23H14N4OS/c24-12-15-21(19-11-10-18(28-19)14-6-2-1-3-7-14)16(13-25)23-27(22(15)26)17-8-4-5-9-20(17)29-23/h1-11,21H,26H2/t21-/m1/s1. The van der Waals surface area contributed by atoms with Crippen molar-refractivity contribution in [3.63, 3.8) is 0 Å². The maximum atomic E-state index is 10.0. The summed E-state index contributed by atoms with van der Waals surface area (Å²) in [5.74, 6) is 0.921. The van der Waals surface area contributed by atoms with Gasteiger partial charge in [0.1, 0.15) is 22.4 Å². The van der Waals surface area contributed by atoms with E-state index in [1.165, 1.54) is 11.8 Å². The SMILES string of the molecule is N#CC1=C(N)N2C(=C(C#N)[C@@H]1c1ccc(-c3ccccc3)o1)Sc1ccccc12. The van der Waals surface area contributed by atoms with Gasteiger partial charge in [-0.15, -0.1) is 0 Å². The minimum atomic E-state index is -0.629. The number of rotatable bonds is 2. The van der Waals surface area contributed by atoms with Crippen LogP contribution in [0.1, 0.15) is 11.7 Å².